The first-order chi connectivity index (χ1) is 12.0. The van der Waals surface area contributed by atoms with Crippen molar-refractivity contribution in [2.75, 3.05) is 19.6 Å². The zero-order valence-electron chi connectivity index (χ0n) is 15.0. The van der Waals surface area contributed by atoms with Gasteiger partial charge in [0.2, 0.25) is 0 Å². The van der Waals surface area contributed by atoms with E-state index in [1.165, 1.54) is 18.5 Å². The zero-order valence-corrected chi connectivity index (χ0v) is 15.0. The van der Waals surface area contributed by atoms with Gasteiger partial charge in [-0.2, -0.15) is 5.10 Å². The summed E-state index contributed by atoms with van der Waals surface area (Å²) in [7, 11) is 0. The molecule has 2 aliphatic rings. The number of fused-ring (bicyclic) bond motifs is 1. The van der Waals surface area contributed by atoms with Crippen molar-refractivity contribution in [1.29, 1.82) is 0 Å². The molecule has 1 N–H and O–H groups in total. The minimum atomic E-state index is -0.0431. The minimum absolute atomic E-state index is 0.0431. The molecule has 25 heavy (non-hydrogen) atoms. The Morgan fingerprint density at radius 2 is 2.08 bits per heavy atom. The maximum absolute atomic E-state index is 12.8. The van der Waals surface area contributed by atoms with Gasteiger partial charge in [0.25, 0.3) is 5.91 Å². The van der Waals surface area contributed by atoms with Crippen molar-refractivity contribution in [1.82, 2.24) is 25.0 Å². The zero-order chi connectivity index (χ0) is 17.4. The highest BCUT2D eigenvalue weighted by molar-refractivity contribution is 5.94. The number of hydrogen-bond donors (Lipinski definition) is 1. The Labute approximate surface area is 148 Å². The van der Waals surface area contributed by atoms with Crippen LogP contribution in [-0.4, -0.2) is 50.7 Å². The molecule has 0 spiro atoms. The SMILES string of the molecule is CC1(C)CN(C(=O)c2ccc(-c3cnn4c3CCCC4)nc2)CCN1. The predicted octanol–water partition coefficient (Wildman–Crippen LogP) is 2.11. The molecule has 6 nitrogen and oxygen atoms in total. The number of piperazine rings is 1. The largest absolute Gasteiger partial charge is 0.335 e. The van der Waals surface area contributed by atoms with E-state index in [1.807, 2.05) is 23.2 Å². The van der Waals surface area contributed by atoms with E-state index >= 15 is 0 Å². The van der Waals surface area contributed by atoms with Crippen LogP contribution in [0.25, 0.3) is 11.3 Å². The van der Waals surface area contributed by atoms with Crippen molar-refractivity contribution in [3.63, 3.8) is 0 Å². The average molecular weight is 339 g/mol. The number of aryl methyl sites for hydroxylation is 1. The second kappa shape index (κ2) is 6.26. The number of carbonyl (C=O) groups is 1. The predicted molar refractivity (Wildman–Crippen MR) is 96.4 cm³/mol. The van der Waals surface area contributed by atoms with Crippen molar-refractivity contribution < 1.29 is 4.79 Å². The molecule has 0 aromatic carbocycles. The topological polar surface area (TPSA) is 63.1 Å². The van der Waals surface area contributed by atoms with E-state index in [4.69, 9.17) is 0 Å². The van der Waals surface area contributed by atoms with Crippen LogP contribution in [0.15, 0.2) is 24.5 Å². The summed E-state index contributed by atoms with van der Waals surface area (Å²) in [6.07, 6.45) is 7.06. The molecular weight excluding hydrogens is 314 g/mol. The fraction of sp³-hybridized carbons (Fsp3) is 0.526. The van der Waals surface area contributed by atoms with Crippen molar-refractivity contribution in [3.05, 3.63) is 35.8 Å². The van der Waals surface area contributed by atoms with Crippen molar-refractivity contribution >= 4 is 5.91 Å². The van der Waals surface area contributed by atoms with Crippen molar-refractivity contribution in [2.45, 2.75) is 45.2 Å². The van der Waals surface area contributed by atoms with Crippen LogP contribution in [0.2, 0.25) is 0 Å². The number of rotatable bonds is 2. The maximum atomic E-state index is 12.8. The third-order valence-corrected chi connectivity index (χ3v) is 5.13. The minimum Gasteiger partial charge on any atom is -0.335 e. The molecule has 4 heterocycles. The van der Waals surface area contributed by atoms with E-state index in [2.05, 4.69) is 33.9 Å². The Morgan fingerprint density at radius 1 is 1.20 bits per heavy atom. The molecular formula is C19H25N5O. The number of nitrogens with one attached hydrogen (secondary N) is 1. The molecule has 2 aromatic heterocycles. The lowest BCUT2D eigenvalue weighted by Gasteiger charge is -2.39. The van der Waals surface area contributed by atoms with Gasteiger partial charge in [-0.15, -0.1) is 0 Å². The van der Waals surface area contributed by atoms with Gasteiger partial charge in [0.15, 0.2) is 0 Å². The summed E-state index contributed by atoms with van der Waals surface area (Å²) in [4.78, 5) is 19.2. The van der Waals surface area contributed by atoms with Crippen LogP contribution in [0.3, 0.4) is 0 Å². The van der Waals surface area contributed by atoms with Gasteiger partial charge in [0.05, 0.1) is 17.5 Å². The van der Waals surface area contributed by atoms with Crippen molar-refractivity contribution in [2.24, 2.45) is 0 Å². The Morgan fingerprint density at radius 3 is 2.84 bits per heavy atom. The van der Waals surface area contributed by atoms with Crippen LogP contribution < -0.4 is 5.32 Å². The third kappa shape index (κ3) is 3.18. The monoisotopic (exact) mass is 339 g/mol. The molecule has 2 aromatic rings. The summed E-state index contributed by atoms with van der Waals surface area (Å²) in [6, 6.07) is 3.85. The number of aromatic nitrogens is 3. The molecule has 4 rings (SSSR count). The normalized spacial score (nSPS) is 19.5. The quantitative estimate of drug-likeness (QED) is 0.910. The second-order valence-corrected chi connectivity index (χ2v) is 7.65. The van der Waals surface area contributed by atoms with Gasteiger partial charge < -0.3 is 10.2 Å². The maximum Gasteiger partial charge on any atom is 0.255 e. The molecule has 1 saturated heterocycles. The Kier molecular flexibility index (Phi) is 4.07. The van der Waals surface area contributed by atoms with E-state index in [-0.39, 0.29) is 11.4 Å². The van der Waals surface area contributed by atoms with E-state index in [0.29, 0.717) is 12.1 Å². The van der Waals surface area contributed by atoms with Gasteiger partial charge in [0, 0.05) is 49.2 Å². The van der Waals surface area contributed by atoms with Crippen LogP contribution in [0, 0.1) is 0 Å². The lowest BCUT2D eigenvalue weighted by atomic mass is 10.0. The number of hydrogen-bond acceptors (Lipinski definition) is 4. The molecule has 132 valence electrons. The lowest BCUT2D eigenvalue weighted by molar-refractivity contribution is 0.0652. The first-order valence-corrected chi connectivity index (χ1v) is 9.09. The number of carbonyl (C=O) groups excluding carboxylic acids is 1. The summed E-state index contributed by atoms with van der Waals surface area (Å²) in [6.45, 7) is 7.51. The fourth-order valence-corrected chi connectivity index (χ4v) is 3.81. The highest BCUT2D eigenvalue weighted by Crippen LogP contribution is 2.26. The van der Waals surface area contributed by atoms with Crippen LogP contribution >= 0.6 is 0 Å². The molecule has 2 aliphatic heterocycles. The second-order valence-electron chi connectivity index (χ2n) is 7.65. The van der Waals surface area contributed by atoms with Crippen molar-refractivity contribution in [3.8, 4) is 11.3 Å². The van der Waals surface area contributed by atoms with Gasteiger partial charge in [-0.05, 0) is 45.2 Å². The highest BCUT2D eigenvalue weighted by atomic mass is 16.2. The lowest BCUT2D eigenvalue weighted by Crippen LogP contribution is -2.58. The summed E-state index contributed by atoms with van der Waals surface area (Å²) < 4.78 is 2.09. The number of nitrogens with zero attached hydrogens (tertiary/aromatic N) is 4. The molecule has 6 heteroatoms. The molecule has 0 atom stereocenters. The van der Waals surface area contributed by atoms with Gasteiger partial charge in [-0.25, -0.2) is 0 Å². The Bertz CT molecular complexity index is 778. The third-order valence-electron chi connectivity index (χ3n) is 5.13. The molecule has 1 fully saturated rings. The molecule has 1 amide bonds. The van der Waals surface area contributed by atoms with Gasteiger partial charge >= 0.3 is 0 Å². The van der Waals surface area contributed by atoms with E-state index in [0.717, 1.165) is 37.3 Å². The van der Waals surface area contributed by atoms with E-state index < -0.39 is 0 Å². The standard InChI is InChI=1S/C19H25N5O/c1-19(2)13-23(10-8-21-19)18(25)14-6-7-16(20-11-14)15-12-22-24-9-4-3-5-17(15)24/h6-7,11-12,21H,3-5,8-10,13H2,1-2H3. The van der Waals surface area contributed by atoms with Crippen LogP contribution in [0.1, 0.15) is 42.7 Å². The van der Waals surface area contributed by atoms with E-state index in [1.54, 1.807) is 6.20 Å². The number of pyridine rings is 1. The van der Waals surface area contributed by atoms with Crippen LogP contribution in [0.5, 0.6) is 0 Å². The number of amides is 1. The molecule has 0 aliphatic carbocycles. The van der Waals surface area contributed by atoms with Crippen LogP contribution in [-0.2, 0) is 13.0 Å². The molecule has 0 radical (unpaired) electrons. The summed E-state index contributed by atoms with van der Waals surface area (Å²) >= 11 is 0. The van der Waals surface area contributed by atoms with E-state index in [9.17, 15) is 4.79 Å². The summed E-state index contributed by atoms with van der Waals surface area (Å²) in [5, 5.41) is 7.91. The first kappa shape index (κ1) is 16.3. The summed E-state index contributed by atoms with van der Waals surface area (Å²) in [5.74, 6) is 0.0608. The smallest absolute Gasteiger partial charge is 0.255 e. The Hall–Kier alpha value is -2.21. The average Bonchev–Trinajstić information content (AvgIpc) is 3.04. The molecule has 0 unspecified atom stereocenters. The first-order valence-electron chi connectivity index (χ1n) is 9.09. The van der Waals surface area contributed by atoms with Gasteiger partial charge in [0.1, 0.15) is 0 Å². The fourth-order valence-electron chi connectivity index (χ4n) is 3.81. The molecule has 0 bridgehead atoms. The molecule has 0 saturated carbocycles. The summed E-state index contributed by atoms with van der Waals surface area (Å²) in [5.41, 5.74) is 3.88. The Balaban J connectivity index is 1.54. The van der Waals surface area contributed by atoms with Gasteiger partial charge in [-0.3, -0.25) is 14.5 Å². The highest BCUT2D eigenvalue weighted by Gasteiger charge is 2.29. The van der Waals surface area contributed by atoms with Crippen LogP contribution in [0.4, 0.5) is 0 Å². The van der Waals surface area contributed by atoms with Gasteiger partial charge in [-0.1, -0.05) is 0 Å².